The Hall–Kier alpha value is -3.10. The lowest BCUT2D eigenvalue weighted by atomic mass is 10.1. The van der Waals surface area contributed by atoms with Gasteiger partial charge in [-0.05, 0) is 59.6 Å². The van der Waals surface area contributed by atoms with Crippen LogP contribution in [0.1, 0.15) is 32.9 Å². The lowest BCUT2D eigenvalue weighted by Crippen LogP contribution is -2.16. The van der Waals surface area contributed by atoms with E-state index in [0.29, 0.717) is 38.9 Å². The van der Waals surface area contributed by atoms with Crippen molar-refractivity contribution in [2.45, 2.75) is 27.0 Å². The molecule has 0 radical (unpaired) electrons. The molecule has 4 aromatic rings. The smallest absolute Gasteiger partial charge is 0.279 e. The van der Waals surface area contributed by atoms with Crippen LogP contribution in [0.3, 0.4) is 0 Å². The Labute approximate surface area is 198 Å². The topological polar surface area (TPSA) is 82.2 Å². The summed E-state index contributed by atoms with van der Waals surface area (Å²) in [4.78, 5) is 12.9. The SMILES string of the molecule is Cc1ccc(Cn2cc(Br)c(NC(=O)c3noc(C)c3COc3ccc(Cl)cc3)n2)cc1. The molecule has 2 heterocycles. The number of nitrogens with one attached hydrogen (secondary N) is 1. The van der Waals surface area contributed by atoms with Crippen LogP contribution in [0.2, 0.25) is 5.02 Å². The quantitative estimate of drug-likeness (QED) is 0.337. The number of carbonyl (C=O) groups excluding carboxylic acids is 1. The van der Waals surface area contributed by atoms with E-state index in [-0.39, 0.29) is 12.3 Å². The number of rotatable bonds is 7. The number of aryl methyl sites for hydroxylation is 2. The Morgan fingerprint density at radius 2 is 1.88 bits per heavy atom. The Bertz CT molecular complexity index is 1230. The van der Waals surface area contributed by atoms with E-state index in [0.717, 1.165) is 5.56 Å². The van der Waals surface area contributed by atoms with Crippen molar-refractivity contribution in [2.24, 2.45) is 0 Å². The Morgan fingerprint density at radius 3 is 2.59 bits per heavy atom. The number of hydrogen-bond acceptors (Lipinski definition) is 5. The lowest BCUT2D eigenvalue weighted by Gasteiger charge is -2.07. The van der Waals surface area contributed by atoms with Crippen molar-refractivity contribution in [2.75, 3.05) is 5.32 Å². The predicted molar refractivity (Wildman–Crippen MR) is 125 cm³/mol. The minimum atomic E-state index is -0.433. The average Bonchev–Trinajstić information content (AvgIpc) is 3.31. The van der Waals surface area contributed by atoms with E-state index in [9.17, 15) is 4.79 Å². The van der Waals surface area contributed by atoms with Crippen LogP contribution in [0, 0.1) is 13.8 Å². The molecule has 0 saturated heterocycles. The number of aromatic nitrogens is 3. The second kappa shape index (κ2) is 9.58. The average molecular weight is 516 g/mol. The monoisotopic (exact) mass is 514 g/mol. The van der Waals surface area contributed by atoms with Gasteiger partial charge in [0.2, 0.25) is 0 Å². The third-order valence-electron chi connectivity index (χ3n) is 4.81. The zero-order valence-electron chi connectivity index (χ0n) is 17.4. The molecule has 2 aromatic carbocycles. The van der Waals surface area contributed by atoms with Gasteiger partial charge in [-0.2, -0.15) is 5.10 Å². The molecule has 0 aliphatic carbocycles. The number of amides is 1. The minimum Gasteiger partial charge on any atom is -0.489 e. The fraction of sp³-hybridized carbons (Fsp3) is 0.174. The number of ether oxygens (including phenoxy) is 1. The van der Waals surface area contributed by atoms with E-state index >= 15 is 0 Å². The molecule has 2 aromatic heterocycles. The summed E-state index contributed by atoms with van der Waals surface area (Å²) in [5.74, 6) is 1.09. The van der Waals surface area contributed by atoms with Crippen LogP contribution in [0.5, 0.6) is 5.75 Å². The molecule has 0 aliphatic heterocycles. The van der Waals surface area contributed by atoms with Gasteiger partial charge >= 0.3 is 0 Å². The third kappa shape index (κ3) is 5.20. The molecule has 32 heavy (non-hydrogen) atoms. The van der Waals surface area contributed by atoms with E-state index < -0.39 is 5.91 Å². The lowest BCUT2D eigenvalue weighted by molar-refractivity contribution is 0.101. The molecule has 0 saturated carbocycles. The maximum Gasteiger partial charge on any atom is 0.279 e. The zero-order valence-corrected chi connectivity index (χ0v) is 19.8. The van der Waals surface area contributed by atoms with E-state index in [4.69, 9.17) is 20.9 Å². The Balaban J connectivity index is 1.45. The van der Waals surface area contributed by atoms with Crippen molar-refractivity contribution in [3.8, 4) is 5.75 Å². The van der Waals surface area contributed by atoms with Crippen molar-refractivity contribution < 1.29 is 14.1 Å². The summed E-state index contributed by atoms with van der Waals surface area (Å²) in [7, 11) is 0. The highest BCUT2D eigenvalue weighted by Crippen LogP contribution is 2.24. The van der Waals surface area contributed by atoms with Crippen molar-refractivity contribution in [1.29, 1.82) is 0 Å². The summed E-state index contributed by atoms with van der Waals surface area (Å²) in [5.41, 5.74) is 3.02. The maximum atomic E-state index is 12.9. The predicted octanol–water partition coefficient (Wildman–Crippen LogP) is 5.78. The molecule has 0 atom stereocenters. The van der Waals surface area contributed by atoms with Gasteiger partial charge in [-0.15, -0.1) is 0 Å². The van der Waals surface area contributed by atoms with E-state index in [1.54, 1.807) is 35.9 Å². The summed E-state index contributed by atoms with van der Waals surface area (Å²) >= 11 is 9.36. The molecule has 0 unspecified atom stereocenters. The van der Waals surface area contributed by atoms with Gasteiger partial charge in [0, 0.05) is 11.2 Å². The van der Waals surface area contributed by atoms with Crippen molar-refractivity contribution in [3.05, 3.63) is 92.4 Å². The second-order valence-electron chi connectivity index (χ2n) is 7.27. The highest BCUT2D eigenvalue weighted by Gasteiger charge is 2.22. The third-order valence-corrected chi connectivity index (χ3v) is 5.64. The molecular weight excluding hydrogens is 496 g/mol. The van der Waals surface area contributed by atoms with E-state index in [1.165, 1.54) is 5.56 Å². The van der Waals surface area contributed by atoms with Gasteiger partial charge in [-0.3, -0.25) is 9.48 Å². The van der Waals surface area contributed by atoms with Gasteiger partial charge in [0.05, 0.1) is 16.6 Å². The first-order valence-electron chi connectivity index (χ1n) is 9.82. The van der Waals surface area contributed by atoms with Gasteiger partial charge in [0.15, 0.2) is 11.5 Å². The molecule has 0 spiro atoms. The van der Waals surface area contributed by atoms with Crippen LogP contribution in [0.25, 0.3) is 0 Å². The fourth-order valence-corrected chi connectivity index (χ4v) is 3.58. The molecule has 7 nitrogen and oxygen atoms in total. The first-order chi connectivity index (χ1) is 15.4. The van der Waals surface area contributed by atoms with Crippen molar-refractivity contribution >= 4 is 39.3 Å². The molecule has 1 amide bonds. The van der Waals surface area contributed by atoms with Crippen molar-refractivity contribution in [1.82, 2.24) is 14.9 Å². The van der Waals surface area contributed by atoms with E-state index in [1.807, 2.05) is 25.3 Å². The van der Waals surface area contributed by atoms with Gasteiger partial charge in [0.25, 0.3) is 5.91 Å². The maximum absolute atomic E-state index is 12.9. The number of anilines is 1. The van der Waals surface area contributed by atoms with Crippen LogP contribution in [0.15, 0.2) is 63.7 Å². The number of benzene rings is 2. The number of carbonyl (C=O) groups is 1. The van der Waals surface area contributed by atoms with Crippen LogP contribution in [-0.4, -0.2) is 20.8 Å². The standard InChI is InChI=1S/C23H20BrClN4O3/c1-14-3-5-16(6-4-14)11-29-12-20(24)22(27-29)26-23(30)21-19(15(2)32-28-21)13-31-18-9-7-17(25)8-10-18/h3-10,12H,11,13H2,1-2H3,(H,26,27,30). The van der Waals surface area contributed by atoms with Gasteiger partial charge < -0.3 is 14.6 Å². The van der Waals surface area contributed by atoms with Gasteiger partial charge in [-0.25, -0.2) is 0 Å². The molecular formula is C23H20BrClN4O3. The summed E-state index contributed by atoms with van der Waals surface area (Å²) in [6, 6.07) is 15.2. The number of hydrogen-bond donors (Lipinski definition) is 1. The van der Waals surface area contributed by atoms with Crippen LogP contribution < -0.4 is 10.1 Å². The number of halogens is 2. The first-order valence-corrected chi connectivity index (χ1v) is 11.0. The van der Waals surface area contributed by atoms with Crippen LogP contribution >= 0.6 is 27.5 Å². The first kappa shape index (κ1) is 22.1. The van der Waals surface area contributed by atoms with Crippen LogP contribution in [-0.2, 0) is 13.2 Å². The Morgan fingerprint density at radius 1 is 1.16 bits per heavy atom. The zero-order chi connectivity index (χ0) is 22.7. The highest BCUT2D eigenvalue weighted by atomic mass is 79.9. The normalized spacial score (nSPS) is 10.9. The molecule has 0 fully saturated rings. The highest BCUT2D eigenvalue weighted by molar-refractivity contribution is 9.10. The molecule has 0 bridgehead atoms. The largest absolute Gasteiger partial charge is 0.489 e. The number of nitrogens with zero attached hydrogens (tertiary/aromatic N) is 3. The summed E-state index contributed by atoms with van der Waals surface area (Å²) < 4.78 is 13.4. The molecule has 164 valence electrons. The Kier molecular flexibility index (Phi) is 6.62. The van der Waals surface area contributed by atoms with Crippen LogP contribution in [0.4, 0.5) is 5.82 Å². The second-order valence-corrected chi connectivity index (χ2v) is 8.56. The fourth-order valence-electron chi connectivity index (χ4n) is 3.04. The summed E-state index contributed by atoms with van der Waals surface area (Å²) in [5, 5.41) is 11.8. The molecule has 9 heteroatoms. The summed E-state index contributed by atoms with van der Waals surface area (Å²) in [6.07, 6.45) is 1.81. The molecule has 0 aliphatic rings. The van der Waals surface area contributed by atoms with E-state index in [2.05, 4.69) is 43.6 Å². The minimum absolute atomic E-state index is 0.128. The molecule has 4 rings (SSSR count). The van der Waals surface area contributed by atoms with Gasteiger partial charge in [0.1, 0.15) is 18.1 Å². The molecule has 1 N–H and O–H groups in total. The van der Waals surface area contributed by atoms with Gasteiger partial charge in [-0.1, -0.05) is 46.6 Å². The summed E-state index contributed by atoms with van der Waals surface area (Å²) in [6.45, 7) is 4.49. The van der Waals surface area contributed by atoms with Crippen molar-refractivity contribution in [3.63, 3.8) is 0 Å².